The van der Waals surface area contributed by atoms with E-state index in [0.717, 1.165) is 12.2 Å². The summed E-state index contributed by atoms with van der Waals surface area (Å²) in [5, 5.41) is 10.0. The van der Waals surface area contributed by atoms with Gasteiger partial charge < -0.3 is 9.84 Å². The summed E-state index contributed by atoms with van der Waals surface area (Å²) < 4.78 is 5.14. The first-order valence-electron chi connectivity index (χ1n) is 5.59. The van der Waals surface area contributed by atoms with E-state index >= 15 is 0 Å². The number of rotatable bonds is 2. The molecule has 0 radical (unpaired) electrons. The molecule has 0 heterocycles. The van der Waals surface area contributed by atoms with Gasteiger partial charge >= 0.3 is 0 Å². The number of hydrogen-bond acceptors (Lipinski definition) is 2. The number of aliphatic hydroxyl groups excluding tert-OH is 1. The Morgan fingerprint density at radius 3 is 2.53 bits per heavy atom. The van der Waals surface area contributed by atoms with Gasteiger partial charge in [0, 0.05) is 5.41 Å². The molecular weight excluding hydrogens is 188 g/mol. The van der Waals surface area contributed by atoms with E-state index in [1.54, 1.807) is 7.11 Å². The maximum Gasteiger partial charge on any atom is 0.118 e. The molecule has 2 heteroatoms. The van der Waals surface area contributed by atoms with Crippen LogP contribution in [-0.4, -0.2) is 18.3 Å². The number of ether oxygens (including phenoxy) is 1. The van der Waals surface area contributed by atoms with Gasteiger partial charge in [-0.2, -0.15) is 0 Å². The van der Waals surface area contributed by atoms with E-state index in [1.807, 2.05) is 12.1 Å². The second-order valence-electron chi connectivity index (χ2n) is 4.83. The van der Waals surface area contributed by atoms with Crippen LogP contribution in [0.1, 0.15) is 24.8 Å². The van der Waals surface area contributed by atoms with E-state index in [1.165, 1.54) is 18.4 Å². The minimum absolute atomic E-state index is 0.0803. The zero-order valence-corrected chi connectivity index (χ0v) is 8.94. The average molecular weight is 204 g/mol. The Kier molecular flexibility index (Phi) is 1.84. The highest BCUT2D eigenvalue weighted by molar-refractivity contribution is 5.38. The summed E-state index contributed by atoms with van der Waals surface area (Å²) in [5.41, 5.74) is 1.36. The van der Waals surface area contributed by atoms with Crippen LogP contribution in [0.2, 0.25) is 0 Å². The van der Waals surface area contributed by atoms with Crippen molar-refractivity contribution in [3.05, 3.63) is 29.8 Å². The van der Waals surface area contributed by atoms with Crippen LogP contribution in [0.5, 0.6) is 5.75 Å². The van der Waals surface area contributed by atoms with Crippen LogP contribution >= 0.6 is 0 Å². The Hall–Kier alpha value is -1.02. The van der Waals surface area contributed by atoms with Crippen molar-refractivity contribution in [2.45, 2.75) is 30.8 Å². The number of aliphatic hydroxyl groups is 1. The molecule has 3 aliphatic carbocycles. The monoisotopic (exact) mass is 204 g/mol. The second kappa shape index (κ2) is 2.99. The fourth-order valence-electron chi connectivity index (χ4n) is 3.30. The van der Waals surface area contributed by atoms with Crippen LogP contribution in [0, 0.1) is 5.92 Å². The topological polar surface area (TPSA) is 29.5 Å². The third kappa shape index (κ3) is 1.08. The molecule has 0 saturated heterocycles. The summed E-state index contributed by atoms with van der Waals surface area (Å²) >= 11 is 0. The molecule has 4 rings (SSSR count). The van der Waals surface area contributed by atoms with Crippen LogP contribution in [0.3, 0.4) is 0 Å². The largest absolute Gasteiger partial charge is 0.497 e. The van der Waals surface area contributed by atoms with Crippen molar-refractivity contribution in [2.75, 3.05) is 7.11 Å². The zero-order chi connectivity index (χ0) is 10.5. The van der Waals surface area contributed by atoms with Crippen LogP contribution in [0.25, 0.3) is 0 Å². The van der Waals surface area contributed by atoms with Crippen molar-refractivity contribution < 1.29 is 9.84 Å². The van der Waals surface area contributed by atoms with Gasteiger partial charge in [-0.05, 0) is 42.9 Å². The third-order valence-electron chi connectivity index (χ3n) is 4.27. The van der Waals surface area contributed by atoms with E-state index in [2.05, 4.69) is 12.1 Å². The van der Waals surface area contributed by atoms with Gasteiger partial charge in [0.2, 0.25) is 0 Å². The lowest BCUT2D eigenvalue weighted by Crippen LogP contribution is -2.48. The molecule has 3 saturated carbocycles. The number of methoxy groups -OCH3 is 1. The molecule has 15 heavy (non-hydrogen) atoms. The Balaban J connectivity index is 1.93. The van der Waals surface area contributed by atoms with Gasteiger partial charge in [-0.25, -0.2) is 0 Å². The Morgan fingerprint density at radius 2 is 2.07 bits per heavy atom. The Morgan fingerprint density at radius 1 is 1.33 bits per heavy atom. The highest BCUT2D eigenvalue weighted by atomic mass is 16.5. The molecule has 0 amide bonds. The fraction of sp³-hybridized carbons (Fsp3) is 0.538. The predicted octanol–water partition coefficient (Wildman–Crippen LogP) is 2.11. The Bertz CT molecular complexity index is 367. The quantitative estimate of drug-likeness (QED) is 0.799. The van der Waals surface area contributed by atoms with Crippen molar-refractivity contribution in [3.8, 4) is 5.75 Å². The lowest BCUT2D eigenvalue weighted by atomic mass is 9.63. The molecule has 3 unspecified atom stereocenters. The maximum absolute atomic E-state index is 10.0. The van der Waals surface area contributed by atoms with Crippen LogP contribution in [0.15, 0.2) is 24.3 Å². The van der Waals surface area contributed by atoms with Crippen molar-refractivity contribution in [3.63, 3.8) is 0 Å². The van der Waals surface area contributed by atoms with E-state index in [4.69, 9.17) is 4.74 Å². The lowest BCUT2D eigenvalue weighted by Gasteiger charge is -2.44. The van der Waals surface area contributed by atoms with E-state index in [-0.39, 0.29) is 11.5 Å². The van der Waals surface area contributed by atoms with Crippen molar-refractivity contribution >= 4 is 0 Å². The van der Waals surface area contributed by atoms with Gasteiger partial charge in [0.15, 0.2) is 0 Å². The molecule has 2 bridgehead atoms. The first-order chi connectivity index (χ1) is 7.26. The molecule has 80 valence electrons. The number of hydrogen-bond donors (Lipinski definition) is 1. The second-order valence-corrected chi connectivity index (χ2v) is 4.83. The van der Waals surface area contributed by atoms with Gasteiger partial charge in [0.25, 0.3) is 0 Å². The van der Waals surface area contributed by atoms with E-state index < -0.39 is 0 Å². The average Bonchev–Trinajstić information content (AvgIpc) is 2.87. The van der Waals surface area contributed by atoms with Crippen LogP contribution in [0.4, 0.5) is 0 Å². The Labute approximate surface area is 89.9 Å². The van der Waals surface area contributed by atoms with Crippen molar-refractivity contribution in [1.29, 1.82) is 0 Å². The summed E-state index contributed by atoms with van der Waals surface area (Å²) in [4.78, 5) is 0. The van der Waals surface area contributed by atoms with Crippen LogP contribution in [-0.2, 0) is 5.41 Å². The van der Waals surface area contributed by atoms with E-state index in [0.29, 0.717) is 5.92 Å². The summed E-state index contributed by atoms with van der Waals surface area (Å²) in [6.07, 6.45) is 3.39. The smallest absolute Gasteiger partial charge is 0.118 e. The molecule has 1 aromatic carbocycles. The first-order valence-corrected chi connectivity index (χ1v) is 5.59. The van der Waals surface area contributed by atoms with E-state index in [9.17, 15) is 5.11 Å². The van der Waals surface area contributed by atoms with Crippen molar-refractivity contribution in [1.82, 2.24) is 0 Å². The molecular formula is C13H16O2. The molecule has 1 N–H and O–H groups in total. The standard InChI is InChI=1S/C13H16O2/c1-15-11-4-2-10(3-5-11)13-7-6-9(8-13)12(13)14/h2-5,9,12,14H,6-8H2,1H3. The highest BCUT2D eigenvalue weighted by Crippen LogP contribution is 2.59. The molecule has 3 fully saturated rings. The highest BCUT2D eigenvalue weighted by Gasteiger charge is 2.59. The molecule has 0 spiro atoms. The lowest BCUT2D eigenvalue weighted by molar-refractivity contribution is -0.0175. The normalized spacial score (nSPS) is 37.5. The maximum atomic E-state index is 10.0. The number of benzene rings is 1. The molecule has 3 atom stereocenters. The third-order valence-corrected chi connectivity index (χ3v) is 4.27. The molecule has 0 aliphatic heterocycles. The zero-order valence-electron chi connectivity index (χ0n) is 8.94. The van der Waals surface area contributed by atoms with Gasteiger partial charge in [0.05, 0.1) is 13.2 Å². The summed E-state index contributed by atoms with van der Waals surface area (Å²) in [6, 6.07) is 8.18. The summed E-state index contributed by atoms with van der Waals surface area (Å²) in [5.74, 6) is 1.45. The summed E-state index contributed by atoms with van der Waals surface area (Å²) in [6.45, 7) is 0. The van der Waals surface area contributed by atoms with Gasteiger partial charge in [-0.1, -0.05) is 12.1 Å². The SMILES string of the molecule is COc1ccc(C23CCC(C2)C3O)cc1. The van der Waals surface area contributed by atoms with Gasteiger partial charge in [0.1, 0.15) is 5.75 Å². The minimum atomic E-state index is -0.106. The van der Waals surface area contributed by atoms with Crippen LogP contribution < -0.4 is 4.74 Å². The molecule has 1 aromatic rings. The predicted molar refractivity (Wildman–Crippen MR) is 58.0 cm³/mol. The molecule has 2 nitrogen and oxygen atoms in total. The van der Waals surface area contributed by atoms with Gasteiger partial charge in [-0.15, -0.1) is 0 Å². The fourth-order valence-corrected chi connectivity index (χ4v) is 3.30. The molecule has 0 aromatic heterocycles. The summed E-state index contributed by atoms with van der Waals surface area (Å²) in [7, 11) is 1.68. The van der Waals surface area contributed by atoms with Gasteiger partial charge in [-0.3, -0.25) is 0 Å². The first kappa shape index (κ1) is 9.22. The minimum Gasteiger partial charge on any atom is -0.497 e. The van der Waals surface area contributed by atoms with Crippen molar-refractivity contribution in [2.24, 2.45) is 5.92 Å². The molecule has 3 aliphatic rings. The number of fused-ring (bicyclic) bond motifs is 1.